The second kappa shape index (κ2) is 8.00. The third kappa shape index (κ3) is 4.92. The molecule has 0 aliphatic carbocycles. The molecule has 0 atom stereocenters. The van der Waals surface area contributed by atoms with Crippen molar-refractivity contribution in [2.24, 2.45) is 0 Å². The molecular weight excluding hydrogens is 350 g/mol. The van der Waals surface area contributed by atoms with Crippen molar-refractivity contribution in [1.29, 1.82) is 0 Å². The number of aryl methyl sites for hydroxylation is 2. The van der Waals surface area contributed by atoms with Crippen LogP contribution in [0.5, 0.6) is 11.5 Å². The fourth-order valence-electron chi connectivity index (χ4n) is 2.72. The van der Waals surface area contributed by atoms with Crippen LogP contribution in [-0.4, -0.2) is 19.6 Å². The Morgan fingerprint density at radius 1 is 1.12 bits per heavy atom. The van der Waals surface area contributed by atoms with Gasteiger partial charge in [-0.1, -0.05) is 38.4 Å². The molecule has 0 heterocycles. The Hall–Kier alpha value is -2.20. The van der Waals surface area contributed by atoms with E-state index < -0.39 is 0 Å². The number of hydrogen-bond acceptors (Lipinski definition) is 3. The second-order valence-corrected chi connectivity index (χ2v) is 7.81. The normalized spacial score (nSPS) is 11.2. The standard InChI is InChI=1S/C21H26ClNO3/c1-13-9-16(22)10-14(2)20(13)26-12-19(24)23-17-11-15(21(3,4)5)7-8-18(17)25-6/h7-11H,12H2,1-6H3,(H,23,24). The van der Waals surface area contributed by atoms with Gasteiger partial charge in [0.05, 0.1) is 12.8 Å². The van der Waals surface area contributed by atoms with Gasteiger partial charge in [0.2, 0.25) is 0 Å². The van der Waals surface area contributed by atoms with Gasteiger partial charge in [0, 0.05) is 5.02 Å². The molecule has 0 radical (unpaired) electrons. The molecule has 4 nitrogen and oxygen atoms in total. The van der Waals surface area contributed by atoms with Crippen LogP contribution in [0.15, 0.2) is 30.3 Å². The number of benzene rings is 2. The predicted octanol–water partition coefficient (Wildman–Crippen LogP) is 5.28. The zero-order valence-electron chi connectivity index (χ0n) is 16.2. The van der Waals surface area contributed by atoms with Gasteiger partial charge in [-0.15, -0.1) is 0 Å². The summed E-state index contributed by atoms with van der Waals surface area (Å²) in [7, 11) is 1.58. The van der Waals surface area contributed by atoms with Crippen molar-refractivity contribution in [3.63, 3.8) is 0 Å². The average Bonchev–Trinajstić information content (AvgIpc) is 2.52. The minimum atomic E-state index is -0.247. The van der Waals surface area contributed by atoms with Crippen molar-refractivity contribution in [3.8, 4) is 11.5 Å². The number of carbonyl (C=O) groups excluding carboxylic acids is 1. The van der Waals surface area contributed by atoms with Crippen molar-refractivity contribution in [2.75, 3.05) is 19.0 Å². The molecule has 1 amide bonds. The van der Waals surface area contributed by atoms with Gasteiger partial charge in [-0.25, -0.2) is 0 Å². The van der Waals surface area contributed by atoms with Crippen molar-refractivity contribution in [2.45, 2.75) is 40.0 Å². The number of anilines is 1. The number of nitrogens with one attached hydrogen (secondary N) is 1. The Morgan fingerprint density at radius 2 is 1.73 bits per heavy atom. The number of rotatable bonds is 5. The lowest BCUT2D eigenvalue weighted by Crippen LogP contribution is -2.21. The van der Waals surface area contributed by atoms with Gasteiger partial charge in [0.1, 0.15) is 11.5 Å². The lowest BCUT2D eigenvalue weighted by molar-refractivity contribution is -0.118. The molecule has 2 rings (SSSR count). The summed E-state index contributed by atoms with van der Waals surface area (Å²) in [6.07, 6.45) is 0. The van der Waals surface area contributed by atoms with Crippen LogP contribution in [-0.2, 0) is 10.2 Å². The molecule has 5 heteroatoms. The maximum atomic E-state index is 12.4. The lowest BCUT2D eigenvalue weighted by Gasteiger charge is -2.21. The van der Waals surface area contributed by atoms with E-state index in [2.05, 4.69) is 26.1 Å². The Morgan fingerprint density at radius 3 is 2.27 bits per heavy atom. The van der Waals surface area contributed by atoms with Crippen LogP contribution in [0, 0.1) is 13.8 Å². The first-order chi connectivity index (χ1) is 12.1. The molecule has 0 aliphatic heterocycles. The molecule has 1 N–H and O–H groups in total. The van der Waals surface area contributed by atoms with Crippen molar-refractivity contribution in [3.05, 3.63) is 52.0 Å². The Labute approximate surface area is 160 Å². The van der Waals surface area contributed by atoms with E-state index in [9.17, 15) is 4.79 Å². The maximum Gasteiger partial charge on any atom is 0.262 e. The topological polar surface area (TPSA) is 47.6 Å². The van der Waals surface area contributed by atoms with Crippen molar-refractivity contribution >= 4 is 23.2 Å². The molecule has 0 fully saturated rings. The first kappa shape index (κ1) is 20.1. The highest BCUT2D eigenvalue weighted by atomic mass is 35.5. The summed E-state index contributed by atoms with van der Waals surface area (Å²) in [5.41, 5.74) is 3.52. The molecule has 0 saturated heterocycles. The molecule has 0 saturated carbocycles. The summed E-state index contributed by atoms with van der Waals surface area (Å²) < 4.78 is 11.1. The van der Waals surface area contributed by atoms with Crippen LogP contribution < -0.4 is 14.8 Å². The van der Waals surface area contributed by atoms with Crippen LogP contribution in [0.4, 0.5) is 5.69 Å². The highest BCUT2D eigenvalue weighted by Gasteiger charge is 2.17. The molecule has 2 aromatic rings. The van der Waals surface area contributed by atoms with Crippen LogP contribution >= 0.6 is 11.6 Å². The van der Waals surface area contributed by atoms with E-state index in [1.807, 2.05) is 44.2 Å². The highest BCUT2D eigenvalue weighted by Crippen LogP contribution is 2.31. The van der Waals surface area contributed by atoms with E-state index >= 15 is 0 Å². The summed E-state index contributed by atoms with van der Waals surface area (Å²) in [6.45, 7) is 10.1. The van der Waals surface area contributed by atoms with Gasteiger partial charge in [0.25, 0.3) is 5.91 Å². The molecule has 0 aromatic heterocycles. The number of amides is 1. The van der Waals surface area contributed by atoms with E-state index in [1.165, 1.54) is 0 Å². The fraction of sp³-hybridized carbons (Fsp3) is 0.381. The van der Waals surface area contributed by atoms with E-state index in [4.69, 9.17) is 21.1 Å². The Kier molecular flexibility index (Phi) is 6.19. The molecule has 2 aromatic carbocycles. The monoisotopic (exact) mass is 375 g/mol. The third-order valence-corrected chi connectivity index (χ3v) is 4.33. The summed E-state index contributed by atoms with van der Waals surface area (Å²) in [5, 5.41) is 3.53. The third-order valence-electron chi connectivity index (χ3n) is 4.11. The maximum absolute atomic E-state index is 12.4. The number of ether oxygens (including phenoxy) is 2. The smallest absolute Gasteiger partial charge is 0.262 e. The van der Waals surface area contributed by atoms with Gasteiger partial charge >= 0.3 is 0 Å². The Balaban J connectivity index is 2.13. The van der Waals surface area contributed by atoms with Crippen molar-refractivity contribution in [1.82, 2.24) is 0 Å². The minimum Gasteiger partial charge on any atom is -0.495 e. The van der Waals surface area contributed by atoms with Gasteiger partial charge < -0.3 is 14.8 Å². The van der Waals surface area contributed by atoms with Crippen LogP contribution in [0.25, 0.3) is 0 Å². The predicted molar refractivity (Wildman–Crippen MR) is 107 cm³/mol. The number of hydrogen-bond donors (Lipinski definition) is 1. The largest absolute Gasteiger partial charge is 0.495 e. The van der Waals surface area contributed by atoms with E-state index in [-0.39, 0.29) is 17.9 Å². The number of halogens is 1. The zero-order valence-corrected chi connectivity index (χ0v) is 17.0. The SMILES string of the molecule is COc1ccc(C(C)(C)C)cc1NC(=O)COc1c(C)cc(Cl)cc1C. The summed E-state index contributed by atoms with van der Waals surface area (Å²) in [5.74, 6) is 1.05. The van der Waals surface area contributed by atoms with Gasteiger partial charge in [-0.05, 0) is 60.2 Å². The minimum absolute atomic E-state index is 0.0280. The molecule has 140 valence electrons. The van der Waals surface area contributed by atoms with Crippen LogP contribution in [0.2, 0.25) is 5.02 Å². The van der Waals surface area contributed by atoms with Gasteiger partial charge in [0.15, 0.2) is 6.61 Å². The van der Waals surface area contributed by atoms with Crippen LogP contribution in [0.1, 0.15) is 37.5 Å². The number of methoxy groups -OCH3 is 1. The Bertz CT molecular complexity index is 786. The first-order valence-electron chi connectivity index (χ1n) is 8.49. The van der Waals surface area contributed by atoms with E-state index in [0.29, 0.717) is 22.2 Å². The quantitative estimate of drug-likeness (QED) is 0.773. The summed E-state index contributed by atoms with van der Waals surface area (Å²) in [4.78, 5) is 12.4. The summed E-state index contributed by atoms with van der Waals surface area (Å²) in [6, 6.07) is 9.45. The first-order valence-corrected chi connectivity index (χ1v) is 8.87. The highest BCUT2D eigenvalue weighted by molar-refractivity contribution is 6.30. The van der Waals surface area contributed by atoms with Gasteiger partial charge in [-0.2, -0.15) is 0 Å². The summed E-state index contributed by atoms with van der Waals surface area (Å²) >= 11 is 6.03. The van der Waals surface area contributed by atoms with E-state index in [1.54, 1.807) is 7.11 Å². The van der Waals surface area contributed by atoms with Crippen molar-refractivity contribution < 1.29 is 14.3 Å². The molecule has 26 heavy (non-hydrogen) atoms. The average molecular weight is 376 g/mol. The lowest BCUT2D eigenvalue weighted by atomic mass is 9.87. The molecule has 0 aliphatic rings. The fourth-order valence-corrected chi connectivity index (χ4v) is 3.05. The number of carbonyl (C=O) groups is 1. The second-order valence-electron chi connectivity index (χ2n) is 7.37. The molecule has 0 spiro atoms. The molecule has 0 unspecified atom stereocenters. The molecular formula is C21H26ClNO3. The molecule has 0 bridgehead atoms. The zero-order chi connectivity index (χ0) is 19.5. The van der Waals surface area contributed by atoms with Gasteiger partial charge in [-0.3, -0.25) is 4.79 Å². The van der Waals surface area contributed by atoms with E-state index in [0.717, 1.165) is 16.7 Å². The van der Waals surface area contributed by atoms with Crippen LogP contribution in [0.3, 0.4) is 0 Å².